The highest BCUT2D eigenvalue weighted by Crippen LogP contribution is 2.26. The SMILES string of the molecule is CC[C@H](C(=O)Nc1ccc(F)cc1F)N(c1ccc(OC)cc1)S(C)(=O)=O. The number of amides is 1. The molecule has 0 fully saturated rings. The average molecular weight is 398 g/mol. The maximum atomic E-state index is 13.8. The van der Waals surface area contributed by atoms with Crippen molar-refractivity contribution in [1.29, 1.82) is 0 Å². The van der Waals surface area contributed by atoms with E-state index in [1.165, 1.54) is 19.2 Å². The summed E-state index contributed by atoms with van der Waals surface area (Å²) in [7, 11) is -2.35. The molecular formula is C18H20F2N2O4S. The summed E-state index contributed by atoms with van der Waals surface area (Å²) < 4.78 is 57.6. The first-order valence-corrected chi connectivity index (χ1v) is 9.91. The highest BCUT2D eigenvalue weighted by atomic mass is 32.2. The summed E-state index contributed by atoms with van der Waals surface area (Å²) in [6.07, 6.45) is 1.11. The molecule has 0 saturated carbocycles. The normalized spacial score (nSPS) is 12.3. The van der Waals surface area contributed by atoms with E-state index >= 15 is 0 Å². The molecule has 0 radical (unpaired) electrons. The van der Waals surface area contributed by atoms with Gasteiger partial charge in [0.1, 0.15) is 23.4 Å². The molecule has 0 aliphatic heterocycles. The number of carbonyl (C=O) groups excluding carboxylic acids is 1. The lowest BCUT2D eigenvalue weighted by molar-refractivity contribution is -0.117. The summed E-state index contributed by atoms with van der Waals surface area (Å²) in [5.74, 6) is -1.94. The summed E-state index contributed by atoms with van der Waals surface area (Å²) in [6.45, 7) is 1.63. The predicted octanol–water partition coefficient (Wildman–Crippen LogP) is 3.16. The first kappa shape index (κ1) is 20.6. The fourth-order valence-electron chi connectivity index (χ4n) is 2.60. The second kappa shape index (κ2) is 8.34. The lowest BCUT2D eigenvalue weighted by Gasteiger charge is -2.30. The molecule has 9 heteroatoms. The van der Waals surface area contributed by atoms with E-state index in [-0.39, 0.29) is 17.8 Å². The quantitative estimate of drug-likeness (QED) is 0.777. The van der Waals surface area contributed by atoms with Crippen LogP contribution in [0.25, 0.3) is 0 Å². The van der Waals surface area contributed by atoms with E-state index in [4.69, 9.17) is 4.74 Å². The van der Waals surface area contributed by atoms with Crippen LogP contribution < -0.4 is 14.4 Å². The molecule has 2 aromatic carbocycles. The summed E-state index contributed by atoms with van der Waals surface area (Å²) in [4.78, 5) is 12.7. The van der Waals surface area contributed by atoms with E-state index in [0.29, 0.717) is 11.8 Å². The van der Waals surface area contributed by atoms with Crippen LogP contribution in [0, 0.1) is 11.6 Å². The van der Waals surface area contributed by atoms with Crippen molar-refractivity contribution in [3.05, 3.63) is 54.1 Å². The highest BCUT2D eigenvalue weighted by molar-refractivity contribution is 7.92. The van der Waals surface area contributed by atoms with E-state index in [1.807, 2.05) is 0 Å². The zero-order valence-corrected chi connectivity index (χ0v) is 15.9. The van der Waals surface area contributed by atoms with E-state index in [9.17, 15) is 22.0 Å². The van der Waals surface area contributed by atoms with Crippen molar-refractivity contribution in [2.45, 2.75) is 19.4 Å². The van der Waals surface area contributed by atoms with E-state index in [0.717, 1.165) is 22.7 Å². The van der Waals surface area contributed by atoms with Gasteiger partial charge in [0.05, 0.1) is 24.7 Å². The summed E-state index contributed by atoms with van der Waals surface area (Å²) >= 11 is 0. The number of rotatable bonds is 7. The molecule has 0 spiro atoms. The Morgan fingerprint density at radius 3 is 2.30 bits per heavy atom. The van der Waals surface area contributed by atoms with Crippen molar-refractivity contribution >= 4 is 27.3 Å². The standard InChI is InChI=1S/C18H20F2N2O4S/c1-4-17(18(23)21-16-10-5-12(19)11-15(16)20)22(27(3,24)25)13-6-8-14(26-2)9-7-13/h5-11,17H,4H2,1-3H3,(H,21,23)/t17-/m1/s1. The zero-order valence-electron chi connectivity index (χ0n) is 15.1. The summed E-state index contributed by atoms with van der Waals surface area (Å²) in [5, 5.41) is 2.32. The maximum absolute atomic E-state index is 13.8. The monoisotopic (exact) mass is 398 g/mol. The molecule has 0 bridgehead atoms. The van der Waals surface area contributed by atoms with E-state index in [1.54, 1.807) is 19.1 Å². The minimum absolute atomic E-state index is 0.133. The van der Waals surface area contributed by atoms with Gasteiger partial charge in [-0.3, -0.25) is 9.10 Å². The molecular weight excluding hydrogens is 378 g/mol. The second-order valence-electron chi connectivity index (χ2n) is 5.79. The fraction of sp³-hybridized carbons (Fsp3) is 0.278. The van der Waals surface area contributed by atoms with Gasteiger partial charge in [-0.2, -0.15) is 0 Å². The number of carbonyl (C=O) groups is 1. The molecule has 0 saturated heterocycles. The van der Waals surface area contributed by atoms with Gasteiger partial charge >= 0.3 is 0 Å². The number of benzene rings is 2. The molecule has 0 aromatic heterocycles. The number of methoxy groups -OCH3 is 1. The maximum Gasteiger partial charge on any atom is 0.248 e. The molecule has 2 rings (SSSR count). The Kier molecular flexibility index (Phi) is 6.37. The molecule has 27 heavy (non-hydrogen) atoms. The number of ether oxygens (including phenoxy) is 1. The van der Waals surface area contributed by atoms with Gasteiger partial charge in [-0.1, -0.05) is 6.92 Å². The van der Waals surface area contributed by atoms with Crippen LogP contribution >= 0.6 is 0 Å². The number of sulfonamides is 1. The van der Waals surface area contributed by atoms with Crippen molar-refractivity contribution < 1.29 is 26.7 Å². The smallest absolute Gasteiger partial charge is 0.248 e. The number of hydrogen-bond donors (Lipinski definition) is 1. The molecule has 6 nitrogen and oxygen atoms in total. The Balaban J connectivity index is 2.37. The second-order valence-corrected chi connectivity index (χ2v) is 7.65. The van der Waals surface area contributed by atoms with Crippen LogP contribution in [-0.4, -0.2) is 33.7 Å². The minimum Gasteiger partial charge on any atom is -0.497 e. The van der Waals surface area contributed by atoms with Crippen LogP contribution in [0.4, 0.5) is 20.2 Å². The van der Waals surface area contributed by atoms with Gasteiger partial charge in [-0.15, -0.1) is 0 Å². The Hall–Kier alpha value is -2.68. The molecule has 1 amide bonds. The van der Waals surface area contributed by atoms with Crippen LogP contribution in [0.1, 0.15) is 13.3 Å². The third-order valence-corrected chi connectivity index (χ3v) is 5.03. The fourth-order valence-corrected chi connectivity index (χ4v) is 3.81. The highest BCUT2D eigenvalue weighted by Gasteiger charge is 2.32. The first-order valence-electron chi connectivity index (χ1n) is 8.06. The van der Waals surface area contributed by atoms with Gasteiger partial charge in [0.2, 0.25) is 15.9 Å². The minimum atomic E-state index is -3.83. The number of hydrogen-bond acceptors (Lipinski definition) is 4. The largest absolute Gasteiger partial charge is 0.497 e. The Morgan fingerprint density at radius 1 is 1.19 bits per heavy atom. The summed E-state index contributed by atoms with van der Waals surface area (Å²) in [6, 6.07) is 7.73. The van der Waals surface area contributed by atoms with Gasteiger partial charge in [0.15, 0.2) is 0 Å². The third kappa shape index (κ3) is 4.94. The van der Waals surface area contributed by atoms with Crippen molar-refractivity contribution in [2.24, 2.45) is 0 Å². The Morgan fingerprint density at radius 2 is 1.81 bits per heavy atom. The molecule has 146 valence electrons. The van der Waals surface area contributed by atoms with E-state index in [2.05, 4.69) is 5.32 Å². The Bertz CT molecular complexity index is 917. The summed E-state index contributed by atoms with van der Waals surface area (Å²) in [5.41, 5.74) is 0.0305. The van der Waals surface area contributed by atoms with Crippen LogP contribution in [0.5, 0.6) is 5.75 Å². The molecule has 0 heterocycles. The van der Waals surface area contributed by atoms with Gasteiger partial charge in [-0.05, 0) is 42.8 Å². The van der Waals surface area contributed by atoms with Crippen molar-refractivity contribution in [2.75, 3.05) is 23.0 Å². The van der Waals surface area contributed by atoms with Crippen LogP contribution in [0.3, 0.4) is 0 Å². The van der Waals surface area contributed by atoms with Crippen molar-refractivity contribution in [3.63, 3.8) is 0 Å². The van der Waals surface area contributed by atoms with Gasteiger partial charge in [0, 0.05) is 6.07 Å². The van der Waals surface area contributed by atoms with Crippen molar-refractivity contribution in [3.8, 4) is 5.75 Å². The van der Waals surface area contributed by atoms with Crippen LogP contribution in [-0.2, 0) is 14.8 Å². The molecule has 0 aliphatic carbocycles. The molecule has 0 aliphatic rings. The van der Waals surface area contributed by atoms with E-state index < -0.39 is 33.6 Å². The van der Waals surface area contributed by atoms with Gasteiger partial charge in [0.25, 0.3) is 0 Å². The Labute approximate surface area is 156 Å². The molecule has 0 unspecified atom stereocenters. The molecule has 1 N–H and O–H groups in total. The molecule has 1 atom stereocenters. The lowest BCUT2D eigenvalue weighted by atomic mass is 10.1. The topological polar surface area (TPSA) is 75.7 Å². The van der Waals surface area contributed by atoms with Crippen LogP contribution in [0.15, 0.2) is 42.5 Å². The number of nitrogens with one attached hydrogen (secondary N) is 1. The van der Waals surface area contributed by atoms with Gasteiger partial charge in [-0.25, -0.2) is 17.2 Å². The molecule has 2 aromatic rings. The number of halogens is 2. The average Bonchev–Trinajstić information content (AvgIpc) is 2.61. The zero-order chi connectivity index (χ0) is 20.2. The number of nitrogens with zero attached hydrogens (tertiary/aromatic N) is 1. The van der Waals surface area contributed by atoms with Crippen molar-refractivity contribution in [1.82, 2.24) is 0 Å². The third-order valence-electron chi connectivity index (χ3n) is 3.85. The van der Waals surface area contributed by atoms with Crippen LogP contribution in [0.2, 0.25) is 0 Å². The van der Waals surface area contributed by atoms with Gasteiger partial charge < -0.3 is 10.1 Å². The predicted molar refractivity (Wildman–Crippen MR) is 99.4 cm³/mol. The number of anilines is 2. The lowest BCUT2D eigenvalue weighted by Crippen LogP contribution is -2.47. The first-order chi connectivity index (χ1) is 12.7.